The molecule has 2 atom stereocenters. The van der Waals surface area contributed by atoms with Crippen LogP contribution in [0.25, 0.3) is 0 Å². The molecule has 0 saturated carbocycles. The number of carbonyl (C=O) groups excluding carboxylic acids is 2. The lowest BCUT2D eigenvalue weighted by Gasteiger charge is -2.34. The summed E-state index contributed by atoms with van der Waals surface area (Å²) in [5.41, 5.74) is -0.627. The third-order valence-electron chi connectivity index (χ3n) is 6.14. The molecule has 0 aromatic heterocycles. The van der Waals surface area contributed by atoms with E-state index in [0.29, 0.717) is 12.1 Å². The monoisotopic (exact) mass is 570 g/mol. The van der Waals surface area contributed by atoms with E-state index in [2.05, 4.69) is 0 Å². The van der Waals surface area contributed by atoms with E-state index in [4.69, 9.17) is 14.2 Å². The van der Waals surface area contributed by atoms with Crippen LogP contribution in [0.5, 0.6) is 28.7 Å². The summed E-state index contributed by atoms with van der Waals surface area (Å²) in [5, 5.41) is 30.0. The van der Waals surface area contributed by atoms with E-state index in [9.17, 15) is 42.5 Å². The lowest BCUT2D eigenvalue weighted by molar-refractivity contribution is -0.0189. The number of phenols is 3. The number of rotatable bonds is 5. The maximum atomic E-state index is 13.7. The molecular formula is C29H18F4O8. The van der Waals surface area contributed by atoms with Crippen molar-refractivity contribution in [3.8, 4) is 28.7 Å². The van der Waals surface area contributed by atoms with Crippen LogP contribution in [0.4, 0.5) is 17.6 Å². The van der Waals surface area contributed by atoms with Crippen LogP contribution >= 0.6 is 0 Å². The number of hydrogen-bond acceptors (Lipinski definition) is 8. The van der Waals surface area contributed by atoms with Gasteiger partial charge in [0.05, 0.1) is 11.1 Å². The van der Waals surface area contributed by atoms with Crippen LogP contribution in [0, 0.1) is 23.3 Å². The van der Waals surface area contributed by atoms with Crippen molar-refractivity contribution < 1.29 is 56.7 Å². The molecule has 1 aliphatic rings. The Morgan fingerprint density at radius 3 is 1.90 bits per heavy atom. The highest BCUT2D eigenvalue weighted by atomic mass is 19.1. The number of fused-ring (bicyclic) bond motifs is 1. The van der Waals surface area contributed by atoms with Gasteiger partial charge in [0.15, 0.2) is 17.6 Å². The highest BCUT2D eigenvalue weighted by Gasteiger charge is 2.37. The molecule has 0 amide bonds. The van der Waals surface area contributed by atoms with Gasteiger partial charge in [-0.2, -0.15) is 0 Å². The molecule has 12 heteroatoms. The average Bonchev–Trinajstić information content (AvgIpc) is 2.89. The minimum Gasteiger partial charge on any atom is -0.508 e. The van der Waals surface area contributed by atoms with Crippen molar-refractivity contribution >= 4 is 11.9 Å². The molecule has 0 bridgehead atoms. The van der Waals surface area contributed by atoms with E-state index < -0.39 is 75.8 Å². The fraction of sp³-hybridized carbons (Fsp3) is 0.103. The number of aromatic hydroxyl groups is 3. The first-order chi connectivity index (χ1) is 19.5. The fourth-order valence-corrected chi connectivity index (χ4v) is 4.34. The largest absolute Gasteiger partial charge is 0.508 e. The summed E-state index contributed by atoms with van der Waals surface area (Å²) < 4.78 is 71.6. The molecular weight excluding hydrogens is 552 g/mol. The van der Waals surface area contributed by atoms with Gasteiger partial charge in [0, 0.05) is 41.8 Å². The van der Waals surface area contributed by atoms with Crippen LogP contribution < -0.4 is 9.47 Å². The molecule has 0 saturated heterocycles. The zero-order valence-electron chi connectivity index (χ0n) is 20.6. The van der Waals surface area contributed by atoms with Crippen molar-refractivity contribution in [1.82, 2.24) is 0 Å². The van der Waals surface area contributed by atoms with Crippen LogP contribution in [0.3, 0.4) is 0 Å². The fourth-order valence-electron chi connectivity index (χ4n) is 4.34. The lowest BCUT2D eigenvalue weighted by Crippen LogP contribution is -2.35. The van der Waals surface area contributed by atoms with Crippen molar-refractivity contribution in [1.29, 1.82) is 0 Å². The Labute approximate surface area is 228 Å². The second kappa shape index (κ2) is 10.7. The predicted molar refractivity (Wildman–Crippen MR) is 132 cm³/mol. The van der Waals surface area contributed by atoms with Gasteiger partial charge in [0.25, 0.3) is 0 Å². The van der Waals surface area contributed by atoms with Gasteiger partial charge in [0.1, 0.15) is 46.6 Å². The highest BCUT2D eigenvalue weighted by Crippen LogP contribution is 2.44. The van der Waals surface area contributed by atoms with Crippen LogP contribution in [-0.4, -0.2) is 33.4 Å². The summed E-state index contributed by atoms with van der Waals surface area (Å²) in [4.78, 5) is 25.6. The summed E-state index contributed by atoms with van der Waals surface area (Å²) in [5.74, 6) is -8.16. The molecule has 0 fully saturated rings. The maximum Gasteiger partial charge on any atom is 0.343 e. The molecule has 1 aliphatic heterocycles. The topological polar surface area (TPSA) is 123 Å². The van der Waals surface area contributed by atoms with Crippen molar-refractivity contribution in [3.05, 3.63) is 112 Å². The Kier molecular flexibility index (Phi) is 7.14. The summed E-state index contributed by atoms with van der Waals surface area (Å²) in [6, 6.07) is 9.97. The van der Waals surface area contributed by atoms with E-state index in [0.717, 1.165) is 42.5 Å². The quantitative estimate of drug-likeness (QED) is 0.125. The van der Waals surface area contributed by atoms with E-state index in [1.807, 2.05) is 0 Å². The minimum atomic E-state index is -1.28. The summed E-state index contributed by atoms with van der Waals surface area (Å²) in [7, 11) is 0. The van der Waals surface area contributed by atoms with Gasteiger partial charge in [-0.05, 0) is 36.4 Å². The Bertz CT molecular complexity index is 1650. The van der Waals surface area contributed by atoms with Gasteiger partial charge >= 0.3 is 11.9 Å². The number of hydrogen-bond donors (Lipinski definition) is 3. The van der Waals surface area contributed by atoms with Crippen LogP contribution in [-0.2, 0) is 11.2 Å². The summed E-state index contributed by atoms with van der Waals surface area (Å²) in [6.07, 6.45) is -2.73. The summed E-state index contributed by atoms with van der Waals surface area (Å²) in [6.45, 7) is 0. The number of esters is 2. The number of ether oxygens (including phenoxy) is 3. The molecule has 0 spiro atoms. The SMILES string of the molecule is O=C(Oc1cc(O)cc2c1C[C@H](OC(=O)c1cc(F)cc(F)c1)[C@@H](c1ccc(O)c(O)c1)O2)c1cc(F)cc(F)c1. The average molecular weight is 570 g/mol. The number of benzene rings is 4. The molecule has 0 unspecified atom stereocenters. The molecule has 210 valence electrons. The van der Waals surface area contributed by atoms with Crippen molar-refractivity contribution in [2.45, 2.75) is 18.6 Å². The van der Waals surface area contributed by atoms with Gasteiger partial charge in [-0.15, -0.1) is 0 Å². The number of halogens is 4. The van der Waals surface area contributed by atoms with Crippen LogP contribution in [0.15, 0.2) is 66.7 Å². The molecule has 1 heterocycles. The molecule has 0 radical (unpaired) electrons. The van der Waals surface area contributed by atoms with Crippen molar-refractivity contribution in [3.63, 3.8) is 0 Å². The van der Waals surface area contributed by atoms with Gasteiger partial charge in [-0.3, -0.25) is 0 Å². The normalized spacial score (nSPS) is 15.9. The second-order valence-corrected chi connectivity index (χ2v) is 9.06. The number of carbonyl (C=O) groups is 2. The van der Waals surface area contributed by atoms with Crippen molar-refractivity contribution in [2.24, 2.45) is 0 Å². The molecule has 8 nitrogen and oxygen atoms in total. The molecule has 0 aliphatic carbocycles. The van der Waals surface area contributed by atoms with E-state index >= 15 is 0 Å². The first-order valence-electron chi connectivity index (χ1n) is 11.9. The van der Waals surface area contributed by atoms with Crippen LogP contribution in [0.2, 0.25) is 0 Å². The molecule has 4 aromatic carbocycles. The standard InChI is InChI=1S/C29H18F4O8/c30-16-3-14(4-17(31)8-16)28(37)40-25-11-20(34)10-24-21(25)12-26(27(39-24)13-1-2-22(35)23(36)7-13)41-29(38)15-5-18(32)9-19(33)6-15/h1-11,26-27,34-36H,12H2/t26-,27+/m0/s1. The van der Waals surface area contributed by atoms with Crippen molar-refractivity contribution in [2.75, 3.05) is 0 Å². The molecule has 5 rings (SSSR count). The van der Waals surface area contributed by atoms with Gasteiger partial charge in [-0.1, -0.05) is 6.07 Å². The Morgan fingerprint density at radius 2 is 1.32 bits per heavy atom. The first kappa shape index (κ1) is 27.3. The van der Waals surface area contributed by atoms with Gasteiger partial charge < -0.3 is 29.5 Å². The molecule has 3 N–H and O–H groups in total. The highest BCUT2D eigenvalue weighted by molar-refractivity contribution is 5.91. The Morgan fingerprint density at radius 1 is 0.732 bits per heavy atom. The van der Waals surface area contributed by atoms with Crippen LogP contribution in [0.1, 0.15) is 37.9 Å². The predicted octanol–water partition coefficient (Wildman–Crippen LogP) is 5.48. The smallest absolute Gasteiger partial charge is 0.343 e. The van der Waals surface area contributed by atoms with E-state index in [-0.39, 0.29) is 29.0 Å². The van der Waals surface area contributed by atoms with E-state index in [1.54, 1.807) is 0 Å². The Hall–Kier alpha value is -5.26. The zero-order valence-corrected chi connectivity index (χ0v) is 20.6. The third kappa shape index (κ3) is 5.86. The van der Waals surface area contributed by atoms with E-state index in [1.165, 1.54) is 12.1 Å². The molecule has 4 aromatic rings. The van der Waals surface area contributed by atoms with Gasteiger partial charge in [0.2, 0.25) is 0 Å². The van der Waals surface area contributed by atoms with Gasteiger partial charge in [-0.25, -0.2) is 27.2 Å². The minimum absolute atomic E-state index is 0.0418. The lowest BCUT2D eigenvalue weighted by atomic mass is 9.93. The summed E-state index contributed by atoms with van der Waals surface area (Å²) >= 11 is 0. The zero-order chi connectivity index (χ0) is 29.4. The first-order valence-corrected chi connectivity index (χ1v) is 11.9. The maximum absolute atomic E-state index is 13.7. The molecule has 41 heavy (non-hydrogen) atoms. The Balaban J connectivity index is 1.53. The third-order valence-corrected chi connectivity index (χ3v) is 6.14. The second-order valence-electron chi connectivity index (χ2n) is 9.06. The number of phenolic OH excluding ortho intramolecular Hbond substituents is 3.